The first-order chi connectivity index (χ1) is 27.8. The summed E-state index contributed by atoms with van der Waals surface area (Å²) in [7, 11) is 1.44. The number of allylic oxidation sites excluding steroid dienone is 2. The molecule has 0 saturated carbocycles. The summed E-state index contributed by atoms with van der Waals surface area (Å²) in [6.07, 6.45) is 3.61. The van der Waals surface area contributed by atoms with E-state index in [1.165, 1.54) is 53.2 Å². The van der Waals surface area contributed by atoms with Gasteiger partial charge in [0.25, 0.3) is 11.7 Å². The van der Waals surface area contributed by atoms with Gasteiger partial charge in [-0.3, -0.25) is 14.4 Å². The van der Waals surface area contributed by atoms with Gasteiger partial charge in [0.2, 0.25) is 0 Å². The van der Waals surface area contributed by atoms with Crippen molar-refractivity contribution in [2.75, 3.05) is 12.4 Å². The van der Waals surface area contributed by atoms with Gasteiger partial charge in [-0.2, -0.15) is 0 Å². The molecular weight excluding hydrogens is 760 g/mol. The van der Waals surface area contributed by atoms with Gasteiger partial charge in [-0.05, 0) is 25.5 Å². The third kappa shape index (κ3) is 8.96. The summed E-state index contributed by atoms with van der Waals surface area (Å²) >= 11 is 0. The van der Waals surface area contributed by atoms with Crippen LogP contribution in [0.15, 0.2) is 66.5 Å². The lowest BCUT2D eigenvalue weighted by atomic mass is 9.78. The van der Waals surface area contributed by atoms with Crippen LogP contribution in [0.3, 0.4) is 0 Å². The van der Waals surface area contributed by atoms with Crippen molar-refractivity contribution in [2.45, 2.75) is 98.7 Å². The first kappa shape index (κ1) is 44.7. The maximum atomic E-state index is 14.4. The lowest BCUT2D eigenvalue weighted by Crippen LogP contribution is -2.46. The Morgan fingerprint density at radius 3 is 2.22 bits per heavy atom. The minimum atomic E-state index is -2.03. The monoisotopic (exact) mass is 816 g/mol. The maximum Gasteiger partial charge on any atom is 0.312 e. The number of hydrogen-bond donors (Lipinski definition) is 7. The zero-order valence-corrected chi connectivity index (χ0v) is 34.9. The molecule has 14 nitrogen and oxygen atoms in total. The SMILES string of the molecule is CO[C@H]1/C=C/O[C@@]2(C)Oc3c(C)c(O)c4c(O)c(c(CNCc5ccccc5)c(O)c4c3C2=O)NC(=O)/C(C)=C\C=C\[C@H](C)[C@H](O)[C@@H](C)[C@@H](O)[C@@H](C)[C@H](OC(C)=O)[C@@H]1C. The van der Waals surface area contributed by atoms with Crippen molar-refractivity contribution in [2.24, 2.45) is 23.7 Å². The summed E-state index contributed by atoms with van der Waals surface area (Å²) in [5.41, 5.74) is 0.853. The van der Waals surface area contributed by atoms with E-state index in [9.17, 15) is 39.9 Å². The Kier molecular flexibility index (Phi) is 13.8. The molecule has 318 valence electrons. The van der Waals surface area contributed by atoms with E-state index in [1.807, 2.05) is 30.3 Å². The fourth-order valence-corrected chi connectivity index (χ4v) is 7.89. The van der Waals surface area contributed by atoms with E-state index in [-0.39, 0.29) is 51.0 Å². The van der Waals surface area contributed by atoms with E-state index in [4.69, 9.17) is 18.9 Å². The molecule has 0 saturated heterocycles. The van der Waals surface area contributed by atoms with Crippen LogP contribution in [-0.2, 0) is 36.9 Å². The molecule has 7 N–H and O–H groups in total. The molecule has 0 fully saturated rings. The van der Waals surface area contributed by atoms with Crippen molar-refractivity contribution in [3.8, 4) is 23.0 Å². The summed E-state index contributed by atoms with van der Waals surface area (Å²) in [5.74, 6) is -8.14. The van der Waals surface area contributed by atoms with Crippen LogP contribution in [0.1, 0.15) is 75.5 Å². The molecule has 6 rings (SSSR count). The number of Topliss-reactive ketones (excluding diaryl/α,β-unsaturated/α-hetero) is 1. The summed E-state index contributed by atoms with van der Waals surface area (Å²) in [6.45, 7) is 12.8. The van der Waals surface area contributed by atoms with Gasteiger partial charge in [0, 0.05) is 79.8 Å². The zero-order valence-electron chi connectivity index (χ0n) is 34.9. The molecule has 3 heterocycles. The fourth-order valence-electron chi connectivity index (χ4n) is 7.89. The number of fused-ring (bicyclic) bond motifs is 14. The Morgan fingerprint density at radius 1 is 0.898 bits per heavy atom. The van der Waals surface area contributed by atoms with Crippen LogP contribution in [0.25, 0.3) is 10.8 Å². The van der Waals surface area contributed by atoms with E-state index in [1.54, 1.807) is 39.8 Å². The van der Waals surface area contributed by atoms with Crippen LogP contribution in [0.2, 0.25) is 0 Å². The Morgan fingerprint density at radius 2 is 1.58 bits per heavy atom. The Balaban J connectivity index is 1.68. The number of phenolic OH excluding ortho intramolecular Hbond substituents is 3. The summed E-state index contributed by atoms with van der Waals surface area (Å²) in [5, 5.41) is 63.8. The number of nitrogens with one attached hydrogen (secondary N) is 2. The van der Waals surface area contributed by atoms with Gasteiger partial charge in [-0.15, -0.1) is 0 Å². The molecule has 5 bridgehead atoms. The number of benzene rings is 3. The van der Waals surface area contributed by atoms with E-state index < -0.39 is 88.8 Å². The van der Waals surface area contributed by atoms with Gasteiger partial charge < -0.3 is 55.1 Å². The summed E-state index contributed by atoms with van der Waals surface area (Å²) < 4.78 is 23.6. The van der Waals surface area contributed by atoms with Gasteiger partial charge in [0.1, 0.15) is 23.4 Å². The van der Waals surface area contributed by atoms with Gasteiger partial charge in [0.05, 0.1) is 41.2 Å². The topological polar surface area (TPSA) is 213 Å². The number of methoxy groups -OCH3 is 1. The number of carbonyl (C=O) groups excluding carboxylic acids is 3. The predicted octanol–water partition coefficient (Wildman–Crippen LogP) is 6.04. The van der Waals surface area contributed by atoms with Crippen LogP contribution < -0.4 is 15.4 Å². The number of aliphatic hydroxyl groups excluding tert-OH is 2. The van der Waals surface area contributed by atoms with E-state index in [0.29, 0.717) is 6.54 Å². The minimum absolute atomic E-state index is 0.0301. The van der Waals surface area contributed by atoms with Crippen molar-refractivity contribution in [1.29, 1.82) is 0 Å². The van der Waals surface area contributed by atoms with E-state index in [2.05, 4.69) is 10.6 Å². The second-order valence-corrected chi connectivity index (χ2v) is 15.8. The molecule has 1 amide bonds. The first-order valence-electron chi connectivity index (χ1n) is 19.7. The molecule has 0 spiro atoms. The highest BCUT2D eigenvalue weighted by Gasteiger charge is 2.50. The maximum absolute atomic E-state index is 14.4. The van der Waals surface area contributed by atoms with Crippen LogP contribution in [-0.4, -0.2) is 80.5 Å². The van der Waals surface area contributed by atoms with E-state index in [0.717, 1.165) is 5.56 Å². The number of anilines is 1. The molecule has 9 atom stereocenters. The molecule has 59 heavy (non-hydrogen) atoms. The second kappa shape index (κ2) is 18.2. The molecule has 0 aliphatic carbocycles. The Bertz CT molecular complexity index is 2170. The number of hydrogen-bond acceptors (Lipinski definition) is 13. The number of rotatable bonds is 6. The van der Waals surface area contributed by atoms with Gasteiger partial charge in [-0.25, -0.2) is 0 Å². The lowest BCUT2D eigenvalue weighted by molar-refractivity contribution is -0.160. The van der Waals surface area contributed by atoms with Crippen LogP contribution in [0, 0.1) is 30.6 Å². The average molecular weight is 817 g/mol. The van der Waals surface area contributed by atoms with Crippen molar-refractivity contribution >= 4 is 34.1 Å². The largest absolute Gasteiger partial charge is 0.507 e. The molecule has 3 aliphatic rings. The number of amides is 1. The van der Waals surface area contributed by atoms with Gasteiger partial charge >= 0.3 is 11.8 Å². The van der Waals surface area contributed by atoms with Crippen molar-refractivity contribution in [1.82, 2.24) is 5.32 Å². The van der Waals surface area contributed by atoms with Gasteiger partial charge in [-0.1, -0.05) is 76.3 Å². The third-order valence-electron chi connectivity index (χ3n) is 11.6. The average Bonchev–Trinajstić information content (AvgIpc) is 3.47. The zero-order chi connectivity index (χ0) is 43.5. The lowest BCUT2D eigenvalue weighted by Gasteiger charge is -2.38. The standard InChI is InChI=1S/C45H56N2O12/c1-22-14-13-15-23(2)44(55)47-35-30(21-46-20-29-16-11-10-12-17-29)39(52)32-33(40(35)53)38(51)27(6)42-34(32)43(54)45(8,59-42)57-19-18-31(56-9)24(3)41(58-28(7)48)26(5)37(50)25(4)36(22)49/h10-19,22,24-26,31,36-37,41,46,49-53H,20-21H2,1-9H3,(H,47,55)/b14-13+,19-18+,23-15-/t22-,24+,25+,26+,31-,36-,37+,41+,45-/m0/s1. The number of aromatic hydroxyl groups is 3. The number of phenols is 3. The van der Waals surface area contributed by atoms with Crippen molar-refractivity contribution in [3.63, 3.8) is 0 Å². The second-order valence-electron chi connectivity index (χ2n) is 15.8. The van der Waals surface area contributed by atoms with Gasteiger partial charge in [0.15, 0.2) is 5.75 Å². The quantitative estimate of drug-likeness (QED) is 0.0860. The van der Waals surface area contributed by atoms with Crippen molar-refractivity contribution < 1.29 is 58.9 Å². The molecule has 14 heteroatoms. The number of ether oxygens (including phenoxy) is 4. The number of aliphatic hydroxyl groups is 2. The molecular formula is C45H56N2O12. The highest BCUT2D eigenvalue weighted by atomic mass is 16.7. The molecule has 3 aromatic rings. The number of esters is 1. The van der Waals surface area contributed by atoms with E-state index >= 15 is 0 Å². The highest BCUT2D eigenvalue weighted by molar-refractivity contribution is 6.22. The third-order valence-corrected chi connectivity index (χ3v) is 11.6. The fraction of sp³-hybridized carbons (Fsp3) is 0.444. The Labute approximate surface area is 344 Å². The predicted molar refractivity (Wildman–Crippen MR) is 221 cm³/mol. The van der Waals surface area contributed by atoms with Crippen LogP contribution in [0.5, 0.6) is 23.0 Å². The Hall–Kier alpha value is -5.41. The summed E-state index contributed by atoms with van der Waals surface area (Å²) in [4.78, 5) is 40.5. The smallest absolute Gasteiger partial charge is 0.312 e. The molecule has 0 radical (unpaired) electrons. The minimum Gasteiger partial charge on any atom is -0.507 e. The first-order valence-corrected chi connectivity index (χ1v) is 19.7. The molecule has 3 aliphatic heterocycles. The number of carbonyl (C=O) groups is 3. The molecule has 3 aromatic carbocycles. The highest BCUT2D eigenvalue weighted by Crippen LogP contribution is 2.55. The molecule has 0 aromatic heterocycles. The summed E-state index contributed by atoms with van der Waals surface area (Å²) in [6, 6.07) is 9.42. The van der Waals surface area contributed by atoms with Crippen molar-refractivity contribution in [3.05, 3.63) is 88.7 Å². The van der Waals surface area contributed by atoms with Crippen LogP contribution in [0.4, 0.5) is 5.69 Å². The van der Waals surface area contributed by atoms with Crippen LogP contribution >= 0.6 is 0 Å². The number of ketones is 1. The molecule has 0 unspecified atom stereocenters. The normalized spacial score (nSPS) is 29.9.